The Bertz CT molecular complexity index is 834. The van der Waals surface area contributed by atoms with Crippen LogP contribution in [0.5, 0.6) is 0 Å². The van der Waals surface area contributed by atoms with Crippen LogP contribution in [0.3, 0.4) is 0 Å². The summed E-state index contributed by atoms with van der Waals surface area (Å²) < 4.78 is 0. The first-order valence-electron chi connectivity index (χ1n) is 9.17. The Kier molecular flexibility index (Phi) is 5.12. The summed E-state index contributed by atoms with van der Waals surface area (Å²) >= 11 is 0. The molecule has 4 nitrogen and oxygen atoms in total. The average Bonchev–Trinajstić information content (AvgIpc) is 2.96. The van der Waals surface area contributed by atoms with Gasteiger partial charge in [0.05, 0.1) is 5.92 Å². The first-order valence-corrected chi connectivity index (χ1v) is 9.17. The molecule has 2 aromatic rings. The molecule has 136 valence electrons. The van der Waals surface area contributed by atoms with Crippen LogP contribution >= 0.6 is 0 Å². The van der Waals surface area contributed by atoms with Gasteiger partial charge in [-0.25, -0.2) is 0 Å². The van der Waals surface area contributed by atoms with Crippen molar-refractivity contribution < 1.29 is 9.59 Å². The van der Waals surface area contributed by atoms with Gasteiger partial charge in [-0.15, -0.1) is 0 Å². The van der Waals surface area contributed by atoms with Crippen molar-refractivity contribution in [2.75, 3.05) is 16.8 Å². The summed E-state index contributed by atoms with van der Waals surface area (Å²) in [5.41, 5.74) is 6.23. The molecule has 2 aromatic carbocycles. The Morgan fingerprint density at radius 1 is 1.15 bits per heavy atom. The smallest absolute Gasteiger partial charge is 0.229 e. The number of carbonyl (C=O) groups excluding carboxylic acids is 2. The summed E-state index contributed by atoms with van der Waals surface area (Å²) in [5.74, 6) is -0.388. The van der Waals surface area contributed by atoms with E-state index in [2.05, 4.69) is 31.3 Å². The molecule has 0 radical (unpaired) electrons. The van der Waals surface area contributed by atoms with Crippen LogP contribution < -0.4 is 10.2 Å². The van der Waals surface area contributed by atoms with Crippen molar-refractivity contribution in [3.05, 3.63) is 58.7 Å². The molecule has 4 heteroatoms. The highest BCUT2D eigenvalue weighted by Crippen LogP contribution is 2.32. The lowest BCUT2D eigenvalue weighted by Crippen LogP contribution is -2.29. The van der Waals surface area contributed by atoms with E-state index in [-0.39, 0.29) is 24.2 Å². The molecule has 1 saturated heterocycles. The summed E-state index contributed by atoms with van der Waals surface area (Å²) in [7, 11) is 0. The van der Waals surface area contributed by atoms with E-state index in [9.17, 15) is 9.59 Å². The van der Waals surface area contributed by atoms with Crippen LogP contribution in [-0.2, 0) is 16.0 Å². The lowest BCUT2D eigenvalue weighted by Gasteiger charge is -2.22. The molecule has 1 atom stereocenters. The second kappa shape index (κ2) is 7.32. The maximum Gasteiger partial charge on any atom is 0.229 e. The van der Waals surface area contributed by atoms with Gasteiger partial charge in [0.15, 0.2) is 0 Å². The molecular weight excluding hydrogens is 324 g/mol. The van der Waals surface area contributed by atoms with Crippen LogP contribution in [0.15, 0.2) is 36.4 Å². The maximum absolute atomic E-state index is 12.7. The SMILES string of the molecule is CCc1ccccc1NC(=O)C1CC(=O)N(c2c(C)cc(C)cc2C)C1. The zero-order valence-corrected chi connectivity index (χ0v) is 15.9. The van der Waals surface area contributed by atoms with Gasteiger partial charge in [-0.05, 0) is 49.9 Å². The standard InChI is InChI=1S/C22H26N2O2/c1-5-17-8-6-7-9-19(17)23-22(26)18-12-20(25)24(13-18)21-15(3)10-14(2)11-16(21)4/h6-11,18H,5,12-13H2,1-4H3,(H,23,26). The minimum atomic E-state index is -0.326. The topological polar surface area (TPSA) is 49.4 Å². The molecule has 1 fully saturated rings. The molecule has 0 spiro atoms. The molecule has 1 aliphatic heterocycles. The second-order valence-corrected chi connectivity index (χ2v) is 7.15. The predicted octanol–water partition coefficient (Wildman–Crippen LogP) is 4.17. The number of hydrogen-bond acceptors (Lipinski definition) is 2. The van der Waals surface area contributed by atoms with E-state index in [1.165, 1.54) is 5.56 Å². The van der Waals surface area contributed by atoms with E-state index in [0.717, 1.165) is 34.5 Å². The van der Waals surface area contributed by atoms with Crippen molar-refractivity contribution in [1.82, 2.24) is 0 Å². The van der Waals surface area contributed by atoms with E-state index < -0.39 is 0 Å². The molecule has 26 heavy (non-hydrogen) atoms. The molecule has 1 N–H and O–H groups in total. The van der Waals surface area contributed by atoms with Gasteiger partial charge >= 0.3 is 0 Å². The molecule has 0 saturated carbocycles. The van der Waals surface area contributed by atoms with Gasteiger partial charge in [0.1, 0.15) is 0 Å². The van der Waals surface area contributed by atoms with Crippen LogP contribution in [-0.4, -0.2) is 18.4 Å². The number of nitrogens with zero attached hydrogens (tertiary/aromatic N) is 1. The molecule has 3 rings (SSSR count). The van der Waals surface area contributed by atoms with Crippen LogP contribution in [0.2, 0.25) is 0 Å². The van der Waals surface area contributed by atoms with Crippen LogP contribution in [0, 0.1) is 26.7 Å². The molecule has 1 heterocycles. The van der Waals surface area contributed by atoms with E-state index in [1.807, 2.05) is 38.1 Å². The predicted molar refractivity (Wildman–Crippen MR) is 106 cm³/mol. The molecule has 0 aromatic heterocycles. The minimum Gasteiger partial charge on any atom is -0.326 e. The van der Waals surface area contributed by atoms with Gasteiger partial charge in [0.25, 0.3) is 0 Å². The fourth-order valence-electron chi connectivity index (χ4n) is 3.88. The normalized spacial score (nSPS) is 16.8. The van der Waals surface area contributed by atoms with E-state index in [1.54, 1.807) is 4.90 Å². The third-order valence-electron chi connectivity index (χ3n) is 5.06. The average molecular weight is 350 g/mol. The summed E-state index contributed by atoms with van der Waals surface area (Å²) in [6.07, 6.45) is 1.11. The van der Waals surface area contributed by atoms with Crippen molar-refractivity contribution >= 4 is 23.2 Å². The van der Waals surface area contributed by atoms with E-state index in [0.29, 0.717) is 6.54 Å². The van der Waals surface area contributed by atoms with Gasteiger partial charge in [0, 0.05) is 24.3 Å². The first kappa shape index (κ1) is 18.2. The Hall–Kier alpha value is -2.62. The van der Waals surface area contributed by atoms with Gasteiger partial charge in [-0.1, -0.05) is 42.8 Å². The third kappa shape index (κ3) is 3.50. The number of rotatable bonds is 4. The second-order valence-electron chi connectivity index (χ2n) is 7.15. The molecule has 1 aliphatic rings. The number of anilines is 2. The summed E-state index contributed by atoms with van der Waals surface area (Å²) in [6, 6.07) is 12.0. The van der Waals surface area contributed by atoms with Gasteiger partial charge in [-0.2, -0.15) is 0 Å². The Morgan fingerprint density at radius 2 is 1.81 bits per heavy atom. The van der Waals surface area contributed by atoms with Gasteiger partial charge in [-0.3, -0.25) is 9.59 Å². The number of carbonyl (C=O) groups is 2. The number of aryl methyl sites for hydroxylation is 4. The number of para-hydroxylation sites is 1. The highest BCUT2D eigenvalue weighted by molar-refractivity contribution is 6.04. The minimum absolute atomic E-state index is 0.0176. The zero-order chi connectivity index (χ0) is 18.8. The van der Waals surface area contributed by atoms with Gasteiger partial charge in [0.2, 0.25) is 11.8 Å². The van der Waals surface area contributed by atoms with Gasteiger partial charge < -0.3 is 10.2 Å². The monoisotopic (exact) mass is 350 g/mol. The summed E-state index contributed by atoms with van der Waals surface area (Å²) in [4.78, 5) is 27.1. The number of amides is 2. The highest BCUT2D eigenvalue weighted by Gasteiger charge is 2.36. The Labute approximate surface area is 155 Å². The number of hydrogen-bond donors (Lipinski definition) is 1. The zero-order valence-electron chi connectivity index (χ0n) is 15.9. The quantitative estimate of drug-likeness (QED) is 0.900. The number of nitrogens with one attached hydrogen (secondary N) is 1. The van der Waals surface area contributed by atoms with Crippen LogP contribution in [0.1, 0.15) is 35.6 Å². The molecule has 0 aliphatic carbocycles. The largest absolute Gasteiger partial charge is 0.326 e. The highest BCUT2D eigenvalue weighted by atomic mass is 16.2. The van der Waals surface area contributed by atoms with E-state index >= 15 is 0 Å². The summed E-state index contributed by atoms with van der Waals surface area (Å²) in [6.45, 7) is 8.59. The lowest BCUT2D eigenvalue weighted by molar-refractivity contribution is -0.122. The van der Waals surface area contributed by atoms with Crippen LogP contribution in [0.4, 0.5) is 11.4 Å². The Morgan fingerprint density at radius 3 is 2.46 bits per heavy atom. The fraction of sp³-hybridized carbons (Fsp3) is 0.364. The fourth-order valence-corrected chi connectivity index (χ4v) is 3.88. The number of benzene rings is 2. The molecule has 1 unspecified atom stereocenters. The summed E-state index contributed by atoms with van der Waals surface area (Å²) in [5, 5.41) is 3.02. The van der Waals surface area contributed by atoms with Crippen molar-refractivity contribution in [2.45, 2.75) is 40.5 Å². The molecule has 0 bridgehead atoms. The van der Waals surface area contributed by atoms with Crippen molar-refractivity contribution in [1.29, 1.82) is 0 Å². The van der Waals surface area contributed by atoms with Crippen molar-refractivity contribution in [3.63, 3.8) is 0 Å². The first-order chi connectivity index (χ1) is 12.4. The van der Waals surface area contributed by atoms with Crippen molar-refractivity contribution in [3.8, 4) is 0 Å². The maximum atomic E-state index is 12.7. The third-order valence-corrected chi connectivity index (χ3v) is 5.06. The lowest BCUT2D eigenvalue weighted by atomic mass is 10.0. The van der Waals surface area contributed by atoms with E-state index in [4.69, 9.17) is 0 Å². The van der Waals surface area contributed by atoms with Crippen molar-refractivity contribution in [2.24, 2.45) is 5.92 Å². The molecule has 2 amide bonds. The van der Waals surface area contributed by atoms with Crippen LogP contribution in [0.25, 0.3) is 0 Å². The Balaban J connectivity index is 1.79. The molecular formula is C22H26N2O2.